The maximum atomic E-state index is 12.1. The summed E-state index contributed by atoms with van der Waals surface area (Å²) in [5.74, 6) is -3.65. The monoisotopic (exact) mass is 361 g/mol. The Morgan fingerprint density at radius 1 is 1.23 bits per heavy atom. The fourth-order valence-electron chi connectivity index (χ4n) is 2.37. The van der Waals surface area contributed by atoms with Crippen LogP contribution in [0.3, 0.4) is 0 Å². The van der Waals surface area contributed by atoms with Crippen LogP contribution in [0.1, 0.15) is 22.5 Å². The minimum absolute atomic E-state index is 0.276. The molecule has 0 spiro atoms. The first-order valence-electron chi connectivity index (χ1n) is 7.82. The van der Waals surface area contributed by atoms with E-state index in [0.29, 0.717) is 19.7 Å². The van der Waals surface area contributed by atoms with Crippen LogP contribution in [0.25, 0.3) is 0 Å². The SMILES string of the molecule is Cc1ccccc1COC(=O)N1CCc2[nH]cnc2C1.O=C(O)C(=O)O. The van der Waals surface area contributed by atoms with Crippen molar-refractivity contribution in [2.45, 2.75) is 26.5 Å². The molecule has 0 saturated heterocycles. The second kappa shape index (κ2) is 8.65. The smallest absolute Gasteiger partial charge is 0.414 e. The van der Waals surface area contributed by atoms with E-state index in [1.54, 1.807) is 11.2 Å². The van der Waals surface area contributed by atoms with Gasteiger partial charge in [0, 0.05) is 18.7 Å². The van der Waals surface area contributed by atoms with E-state index in [4.69, 9.17) is 24.5 Å². The van der Waals surface area contributed by atoms with Crippen LogP contribution in [0, 0.1) is 6.92 Å². The lowest BCUT2D eigenvalue weighted by Crippen LogP contribution is -2.36. The fourth-order valence-corrected chi connectivity index (χ4v) is 2.37. The van der Waals surface area contributed by atoms with Crippen molar-refractivity contribution >= 4 is 18.0 Å². The van der Waals surface area contributed by atoms with E-state index in [-0.39, 0.29) is 6.09 Å². The molecule has 0 bridgehead atoms. The minimum atomic E-state index is -1.82. The van der Waals surface area contributed by atoms with Crippen LogP contribution in [0.15, 0.2) is 30.6 Å². The number of imidazole rings is 1. The molecule has 3 N–H and O–H groups in total. The second-order valence-electron chi connectivity index (χ2n) is 5.59. The number of rotatable bonds is 2. The number of nitrogens with zero attached hydrogens (tertiary/aromatic N) is 2. The zero-order valence-corrected chi connectivity index (χ0v) is 14.1. The summed E-state index contributed by atoms with van der Waals surface area (Å²) in [6.07, 6.45) is 2.20. The van der Waals surface area contributed by atoms with Crippen molar-refractivity contribution in [2.24, 2.45) is 0 Å². The van der Waals surface area contributed by atoms with E-state index >= 15 is 0 Å². The first kappa shape index (κ1) is 19.0. The predicted octanol–water partition coefficient (Wildman–Crippen LogP) is 1.57. The number of carboxylic acids is 2. The lowest BCUT2D eigenvalue weighted by Gasteiger charge is -2.25. The molecule has 26 heavy (non-hydrogen) atoms. The highest BCUT2D eigenvalue weighted by atomic mass is 16.6. The minimum Gasteiger partial charge on any atom is -0.473 e. The molecule has 138 valence electrons. The Bertz CT molecular complexity index is 789. The molecule has 2 heterocycles. The number of carboxylic acid groups (broad SMARTS) is 2. The van der Waals surface area contributed by atoms with Crippen molar-refractivity contribution in [3.8, 4) is 0 Å². The van der Waals surface area contributed by atoms with Gasteiger partial charge in [0.2, 0.25) is 0 Å². The maximum absolute atomic E-state index is 12.1. The lowest BCUT2D eigenvalue weighted by atomic mass is 10.1. The quantitative estimate of drug-likeness (QED) is 0.691. The van der Waals surface area contributed by atoms with Gasteiger partial charge in [0.1, 0.15) is 6.61 Å². The first-order chi connectivity index (χ1) is 12.4. The van der Waals surface area contributed by atoms with Gasteiger partial charge in [-0.05, 0) is 18.1 Å². The van der Waals surface area contributed by atoms with Gasteiger partial charge in [-0.25, -0.2) is 19.4 Å². The Labute approximate surface area is 149 Å². The Morgan fingerprint density at radius 2 is 1.92 bits per heavy atom. The van der Waals surface area contributed by atoms with Gasteiger partial charge in [0.05, 0.1) is 18.6 Å². The number of hydrogen-bond acceptors (Lipinski definition) is 5. The number of aryl methyl sites for hydroxylation is 1. The number of amides is 1. The maximum Gasteiger partial charge on any atom is 0.414 e. The van der Waals surface area contributed by atoms with Crippen molar-refractivity contribution in [3.63, 3.8) is 0 Å². The molecule has 1 aliphatic heterocycles. The molecular formula is C17H19N3O6. The number of aliphatic carboxylic acids is 2. The van der Waals surface area contributed by atoms with Crippen LogP contribution in [0.5, 0.6) is 0 Å². The van der Waals surface area contributed by atoms with Crippen molar-refractivity contribution < 1.29 is 29.3 Å². The number of nitrogens with one attached hydrogen (secondary N) is 1. The van der Waals surface area contributed by atoms with Crippen molar-refractivity contribution in [1.82, 2.24) is 14.9 Å². The summed E-state index contributed by atoms with van der Waals surface area (Å²) in [4.78, 5) is 39.3. The van der Waals surface area contributed by atoms with Crippen LogP contribution < -0.4 is 0 Å². The number of fused-ring (bicyclic) bond motifs is 1. The van der Waals surface area contributed by atoms with Gasteiger partial charge < -0.3 is 24.8 Å². The van der Waals surface area contributed by atoms with Gasteiger partial charge in [-0.3, -0.25) is 0 Å². The number of aromatic nitrogens is 2. The summed E-state index contributed by atoms with van der Waals surface area (Å²) in [7, 11) is 0. The summed E-state index contributed by atoms with van der Waals surface area (Å²) in [5.41, 5.74) is 4.23. The Morgan fingerprint density at radius 3 is 2.58 bits per heavy atom. The average Bonchev–Trinajstić information content (AvgIpc) is 3.09. The fraction of sp³-hybridized carbons (Fsp3) is 0.294. The lowest BCUT2D eigenvalue weighted by molar-refractivity contribution is -0.159. The molecule has 1 aromatic carbocycles. The van der Waals surface area contributed by atoms with Crippen molar-refractivity contribution in [2.75, 3.05) is 6.54 Å². The van der Waals surface area contributed by atoms with E-state index in [1.165, 1.54) is 0 Å². The Hall–Kier alpha value is -3.36. The summed E-state index contributed by atoms with van der Waals surface area (Å²) >= 11 is 0. The third kappa shape index (κ3) is 5.07. The highest BCUT2D eigenvalue weighted by Crippen LogP contribution is 2.16. The average molecular weight is 361 g/mol. The number of aromatic amines is 1. The highest BCUT2D eigenvalue weighted by Gasteiger charge is 2.23. The van der Waals surface area contributed by atoms with Gasteiger partial charge in [-0.1, -0.05) is 24.3 Å². The molecule has 0 aliphatic carbocycles. The molecular weight excluding hydrogens is 342 g/mol. The van der Waals surface area contributed by atoms with E-state index in [1.807, 2.05) is 31.2 Å². The normalized spacial score (nSPS) is 12.4. The summed E-state index contributed by atoms with van der Waals surface area (Å²) in [5, 5.41) is 14.8. The summed E-state index contributed by atoms with van der Waals surface area (Å²) in [6.45, 7) is 3.52. The van der Waals surface area contributed by atoms with E-state index < -0.39 is 11.9 Å². The third-order valence-electron chi connectivity index (χ3n) is 3.83. The molecule has 0 fully saturated rings. The van der Waals surface area contributed by atoms with Gasteiger partial charge in [-0.15, -0.1) is 0 Å². The van der Waals surface area contributed by atoms with Crippen LogP contribution in [-0.4, -0.2) is 49.7 Å². The number of ether oxygens (including phenoxy) is 1. The van der Waals surface area contributed by atoms with Crippen LogP contribution in [0.4, 0.5) is 4.79 Å². The van der Waals surface area contributed by atoms with Crippen LogP contribution >= 0.6 is 0 Å². The molecule has 1 aliphatic rings. The standard InChI is InChI=1S/C15H17N3O2.C2H2O4/c1-11-4-2-3-5-12(11)9-20-15(19)18-7-6-13-14(8-18)17-10-16-13;3-1(4)2(5)6/h2-5,10H,6-9H2,1H3,(H,16,17);(H,3,4)(H,5,6). The van der Waals surface area contributed by atoms with Gasteiger partial charge in [-0.2, -0.15) is 0 Å². The second-order valence-corrected chi connectivity index (χ2v) is 5.59. The third-order valence-corrected chi connectivity index (χ3v) is 3.83. The van der Waals surface area contributed by atoms with E-state index in [2.05, 4.69) is 9.97 Å². The first-order valence-corrected chi connectivity index (χ1v) is 7.82. The zero-order chi connectivity index (χ0) is 19.1. The summed E-state index contributed by atoms with van der Waals surface area (Å²) < 4.78 is 5.39. The number of carbonyl (C=O) groups is 3. The Kier molecular flexibility index (Phi) is 6.31. The Balaban J connectivity index is 0.000000352. The van der Waals surface area contributed by atoms with Crippen LogP contribution in [0.2, 0.25) is 0 Å². The largest absolute Gasteiger partial charge is 0.473 e. The van der Waals surface area contributed by atoms with Crippen LogP contribution in [-0.2, 0) is 33.9 Å². The van der Waals surface area contributed by atoms with E-state index in [9.17, 15) is 4.79 Å². The molecule has 1 aromatic heterocycles. The molecule has 0 unspecified atom stereocenters. The van der Waals surface area contributed by atoms with Crippen molar-refractivity contribution in [1.29, 1.82) is 0 Å². The molecule has 0 radical (unpaired) electrons. The highest BCUT2D eigenvalue weighted by molar-refractivity contribution is 6.27. The van der Waals surface area contributed by atoms with Gasteiger partial charge in [0.25, 0.3) is 0 Å². The van der Waals surface area contributed by atoms with Crippen molar-refractivity contribution in [3.05, 3.63) is 53.1 Å². The molecule has 0 atom stereocenters. The molecule has 2 aromatic rings. The number of benzene rings is 1. The zero-order valence-electron chi connectivity index (χ0n) is 14.1. The molecule has 9 heteroatoms. The van der Waals surface area contributed by atoms with E-state index in [0.717, 1.165) is 28.9 Å². The van der Waals surface area contributed by atoms with Gasteiger partial charge in [0.15, 0.2) is 0 Å². The molecule has 1 amide bonds. The number of carbonyl (C=O) groups excluding carboxylic acids is 1. The number of H-pyrrole nitrogens is 1. The topological polar surface area (TPSA) is 133 Å². The molecule has 0 saturated carbocycles. The molecule has 3 rings (SSSR count). The van der Waals surface area contributed by atoms with Gasteiger partial charge >= 0.3 is 18.0 Å². The number of hydrogen-bond donors (Lipinski definition) is 3. The summed E-state index contributed by atoms with van der Waals surface area (Å²) in [6, 6.07) is 7.92. The molecule has 9 nitrogen and oxygen atoms in total. The predicted molar refractivity (Wildman–Crippen MR) is 89.3 cm³/mol.